The molecule has 0 fully saturated rings. The molecule has 0 amide bonds. The second kappa shape index (κ2) is 5.52. The number of hydrogen-bond donors (Lipinski definition) is 0. The molecule has 0 spiro atoms. The van der Waals surface area contributed by atoms with Gasteiger partial charge in [-0.2, -0.15) is 0 Å². The van der Waals surface area contributed by atoms with Crippen LogP contribution in [-0.2, 0) is 0 Å². The molecule has 0 N–H and O–H groups in total. The first kappa shape index (κ1) is 13.7. The summed E-state index contributed by atoms with van der Waals surface area (Å²) in [4.78, 5) is 12.0. The van der Waals surface area contributed by atoms with E-state index >= 15 is 0 Å². The van der Waals surface area contributed by atoms with Crippen molar-refractivity contribution in [2.45, 2.75) is 0 Å². The van der Waals surface area contributed by atoms with E-state index in [0.717, 1.165) is 0 Å². The van der Waals surface area contributed by atoms with E-state index in [9.17, 15) is 14.5 Å². The lowest BCUT2D eigenvalue weighted by Gasteiger charge is -2.20. The van der Waals surface area contributed by atoms with Gasteiger partial charge in [0.15, 0.2) is 0 Å². The van der Waals surface area contributed by atoms with Crippen LogP contribution in [0.2, 0.25) is 0 Å². The third-order valence-corrected chi connectivity index (χ3v) is 3.59. The fraction of sp³-hybridized carbons (Fsp3) is 0.0769. The standard InChI is InChI=1S/C13H10FIN2O2/c1-16(12-5-3-2-4-10(12)14)9-6-7-13(17(18)19)11(15)8-9/h2-8H,1H3. The van der Waals surface area contributed by atoms with Crippen molar-refractivity contribution in [2.24, 2.45) is 0 Å². The molecule has 0 saturated carbocycles. The van der Waals surface area contributed by atoms with E-state index in [2.05, 4.69) is 0 Å². The van der Waals surface area contributed by atoms with Crippen molar-refractivity contribution in [3.8, 4) is 0 Å². The Balaban J connectivity index is 2.40. The normalized spacial score (nSPS) is 10.3. The number of hydrogen-bond acceptors (Lipinski definition) is 3. The smallest absolute Gasteiger partial charge is 0.282 e. The quantitative estimate of drug-likeness (QED) is 0.463. The van der Waals surface area contributed by atoms with Crippen molar-refractivity contribution in [3.05, 3.63) is 62.0 Å². The first-order valence-corrected chi connectivity index (χ1v) is 6.51. The van der Waals surface area contributed by atoms with Crippen LogP contribution in [-0.4, -0.2) is 12.0 Å². The minimum atomic E-state index is -0.436. The maximum Gasteiger partial charge on any atom is 0.282 e. The van der Waals surface area contributed by atoms with Crippen LogP contribution in [0.25, 0.3) is 0 Å². The van der Waals surface area contributed by atoms with Crippen LogP contribution in [0.15, 0.2) is 42.5 Å². The summed E-state index contributed by atoms with van der Waals surface area (Å²) in [5.74, 6) is -0.335. The zero-order chi connectivity index (χ0) is 14.0. The molecule has 2 aromatic rings. The summed E-state index contributed by atoms with van der Waals surface area (Å²) in [6, 6.07) is 11.1. The summed E-state index contributed by atoms with van der Waals surface area (Å²) in [7, 11) is 1.72. The Bertz CT molecular complexity index is 634. The Hall–Kier alpha value is -1.70. The summed E-state index contributed by atoms with van der Waals surface area (Å²) in [6.07, 6.45) is 0. The number of nitro groups is 1. The van der Waals surface area contributed by atoms with Crippen molar-refractivity contribution in [1.29, 1.82) is 0 Å². The fourth-order valence-corrected chi connectivity index (χ4v) is 2.41. The average molecular weight is 372 g/mol. The molecule has 0 aliphatic heterocycles. The zero-order valence-corrected chi connectivity index (χ0v) is 12.2. The van der Waals surface area contributed by atoms with Gasteiger partial charge in [0.2, 0.25) is 0 Å². The van der Waals surface area contributed by atoms with Gasteiger partial charge in [-0.3, -0.25) is 10.1 Å². The third kappa shape index (κ3) is 2.83. The van der Waals surface area contributed by atoms with Gasteiger partial charge in [-0.25, -0.2) is 4.39 Å². The van der Waals surface area contributed by atoms with Crippen LogP contribution < -0.4 is 4.90 Å². The summed E-state index contributed by atoms with van der Waals surface area (Å²) < 4.78 is 14.2. The molecule has 0 heterocycles. The minimum absolute atomic E-state index is 0.0475. The topological polar surface area (TPSA) is 46.4 Å². The summed E-state index contributed by atoms with van der Waals surface area (Å²) in [5, 5.41) is 10.8. The Labute approximate surface area is 123 Å². The van der Waals surface area contributed by atoms with Crippen LogP contribution in [0, 0.1) is 19.5 Å². The number of nitro benzene ring substituents is 1. The zero-order valence-electron chi connectivity index (χ0n) is 10.0. The number of anilines is 2. The SMILES string of the molecule is CN(c1ccc([N+](=O)[O-])c(I)c1)c1ccccc1F. The number of rotatable bonds is 3. The molecule has 0 unspecified atom stereocenters. The lowest BCUT2D eigenvalue weighted by Crippen LogP contribution is -2.11. The van der Waals surface area contributed by atoms with E-state index in [1.807, 2.05) is 22.6 Å². The van der Waals surface area contributed by atoms with Crippen LogP contribution in [0.3, 0.4) is 0 Å². The molecule has 0 radical (unpaired) electrons. The second-order valence-electron chi connectivity index (χ2n) is 3.90. The molecule has 2 rings (SSSR count). The predicted octanol–water partition coefficient (Wildman–Crippen LogP) is 4.11. The highest BCUT2D eigenvalue weighted by Gasteiger charge is 2.15. The number of benzene rings is 2. The van der Waals surface area contributed by atoms with Crippen molar-refractivity contribution >= 4 is 39.7 Å². The van der Waals surface area contributed by atoms with Crippen molar-refractivity contribution in [1.82, 2.24) is 0 Å². The van der Waals surface area contributed by atoms with Gasteiger partial charge < -0.3 is 4.90 Å². The maximum atomic E-state index is 13.7. The molecule has 4 nitrogen and oxygen atoms in total. The van der Waals surface area contributed by atoms with Crippen LogP contribution in [0.1, 0.15) is 0 Å². The molecular weight excluding hydrogens is 362 g/mol. The first-order chi connectivity index (χ1) is 9.00. The molecule has 6 heteroatoms. The van der Waals surface area contributed by atoms with E-state index in [0.29, 0.717) is 14.9 Å². The fourth-order valence-electron chi connectivity index (χ4n) is 1.72. The molecule has 0 bridgehead atoms. The van der Waals surface area contributed by atoms with Gasteiger partial charge >= 0.3 is 0 Å². The number of para-hydroxylation sites is 1. The lowest BCUT2D eigenvalue weighted by atomic mass is 10.2. The molecule has 0 saturated heterocycles. The summed E-state index contributed by atoms with van der Waals surface area (Å²) in [6.45, 7) is 0. The van der Waals surface area contributed by atoms with Gasteiger partial charge in [0.05, 0.1) is 14.2 Å². The third-order valence-electron chi connectivity index (χ3n) is 2.73. The Morgan fingerprint density at radius 3 is 2.53 bits per heavy atom. The Morgan fingerprint density at radius 2 is 1.95 bits per heavy atom. The van der Waals surface area contributed by atoms with E-state index in [1.54, 1.807) is 42.3 Å². The van der Waals surface area contributed by atoms with Gasteiger partial charge in [0.1, 0.15) is 5.82 Å². The molecular formula is C13H10FIN2O2. The largest absolute Gasteiger partial charge is 0.342 e. The van der Waals surface area contributed by atoms with Gasteiger partial charge in [-0.05, 0) is 46.9 Å². The molecule has 2 aromatic carbocycles. The van der Waals surface area contributed by atoms with Gasteiger partial charge in [-0.1, -0.05) is 12.1 Å². The van der Waals surface area contributed by atoms with Crippen LogP contribution >= 0.6 is 22.6 Å². The summed E-state index contributed by atoms with van der Waals surface area (Å²) in [5.41, 5.74) is 1.17. The molecule has 0 atom stereocenters. The highest BCUT2D eigenvalue weighted by atomic mass is 127. The minimum Gasteiger partial charge on any atom is -0.342 e. The Kier molecular flexibility index (Phi) is 3.98. The lowest BCUT2D eigenvalue weighted by molar-refractivity contribution is -0.385. The van der Waals surface area contributed by atoms with Gasteiger partial charge in [0.25, 0.3) is 5.69 Å². The Morgan fingerprint density at radius 1 is 1.26 bits per heavy atom. The number of nitrogens with zero attached hydrogens (tertiary/aromatic N) is 2. The van der Waals surface area contributed by atoms with E-state index in [4.69, 9.17) is 0 Å². The monoisotopic (exact) mass is 372 g/mol. The van der Waals surface area contributed by atoms with Crippen molar-refractivity contribution < 1.29 is 9.31 Å². The molecule has 98 valence electrons. The van der Waals surface area contributed by atoms with E-state index in [-0.39, 0.29) is 11.5 Å². The first-order valence-electron chi connectivity index (χ1n) is 5.43. The molecule has 0 aromatic heterocycles. The van der Waals surface area contributed by atoms with Crippen LogP contribution in [0.4, 0.5) is 21.5 Å². The molecule has 19 heavy (non-hydrogen) atoms. The van der Waals surface area contributed by atoms with E-state index < -0.39 is 4.92 Å². The highest BCUT2D eigenvalue weighted by Crippen LogP contribution is 2.30. The predicted molar refractivity (Wildman–Crippen MR) is 80.3 cm³/mol. The van der Waals surface area contributed by atoms with Gasteiger partial charge in [-0.15, -0.1) is 0 Å². The van der Waals surface area contributed by atoms with Crippen molar-refractivity contribution in [3.63, 3.8) is 0 Å². The van der Waals surface area contributed by atoms with Gasteiger partial charge in [0, 0.05) is 18.8 Å². The second-order valence-corrected chi connectivity index (χ2v) is 5.07. The highest BCUT2D eigenvalue weighted by molar-refractivity contribution is 14.1. The van der Waals surface area contributed by atoms with Crippen LogP contribution in [0.5, 0.6) is 0 Å². The summed E-state index contributed by atoms with van der Waals surface area (Å²) >= 11 is 1.90. The molecule has 0 aliphatic rings. The average Bonchev–Trinajstić information content (AvgIpc) is 2.38. The van der Waals surface area contributed by atoms with Crippen molar-refractivity contribution in [2.75, 3.05) is 11.9 Å². The number of halogens is 2. The maximum absolute atomic E-state index is 13.7. The molecule has 0 aliphatic carbocycles. The van der Waals surface area contributed by atoms with E-state index in [1.165, 1.54) is 12.1 Å².